The molecule has 0 bridgehead atoms. The quantitative estimate of drug-likeness (QED) is 0.784. The van der Waals surface area contributed by atoms with Crippen LogP contribution in [0.25, 0.3) is 0 Å². The molecule has 1 atom stereocenters. The molecule has 2 nitrogen and oxygen atoms in total. The Balaban J connectivity index is 2.23. The van der Waals surface area contributed by atoms with Crippen molar-refractivity contribution in [1.29, 1.82) is 0 Å². The Kier molecular flexibility index (Phi) is 6.48. The highest BCUT2D eigenvalue weighted by Crippen LogP contribution is 2.08. The lowest BCUT2D eigenvalue weighted by Crippen LogP contribution is -2.33. The van der Waals surface area contributed by atoms with Gasteiger partial charge in [0.1, 0.15) is 0 Å². The maximum absolute atomic E-state index is 11.8. The van der Waals surface area contributed by atoms with Crippen LogP contribution in [0.15, 0.2) is 30.3 Å². The largest absolute Gasteiger partial charge is 0.353 e. The van der Waals surface area contributed by atoms with E-state index < -0.39 is 0 Å². The fraction of sp³-hybridized carbons (Fsp3) is 0.562. The van der Waals surface area contributed by atoms with Gasteiger partial charge in [-0.2, -0.15) is 0 Å². The third-order valence-corrected chi connectivity index (χ3v) is 3.03. The van der Waals surface area contributed by atoms with Gasteiger partial charge >= 0.3 is 0 Å². The van der Waals surface area contributed by atoms with Gasteiger partial charge in [0.15, 0.2) is 0 Å². The van der Waals surface area contributed by atoms with E-state index in [4.69, 9.17) is 0 Å². The van der Waals surface area contributed by atoms with Crippen LogP contribution in [0.2, 0.25) is 0 Å². The summed E-state index contributed by atoms with van der Waals surface area (Å²) in [5, 5.41) is 3.06. The Bertz CT molecular complexity index is 345. The van der Waals surface area contributed by atoms with Crippen molar-refractivity contribution in [3.8, 4) is 0 Å². The normalized spacial score (nSPS) is 12.4. The topological polar surface area (TPSA) is 29.1 Å². The minimum Gasteiger partial charge on any atom is -0.353 e. The highest BCUT2D eigenvalue weighted by Gasteiger charge is 2.08. The Morgan fingerprint density at radius 3 is 2.39 bits per heavy atom. The molecule has 1 aromatic carbocycles. The second-order valence-corrected chi connectivity index (χ2v) is 5.46. The van der Waals surface area contributed by atoms with Gasteiger partial charge in [0.05, 0.1) is 6.42 Å². The van der Waals surface area contributed by atoms with Crippen molar-refractivity contribution in [2.45, 2.75) is 52.5 Å². The number of carbonyl (C=O) groups excluding carboxylic acids is 1. The lowest BCUT2D eigenvalue weighted by atomic mass is 10.0. The maximum atomic E-state index is 11.8. The Labute approximate surface area is 111 Å². The molecule has 0 aliphatic rings. The SMILES string of the molecule is CC(C)CCC[C@@H](C)NC(=O)Cc1ccccc1. The van der Waals surface area contributed by atoms with Gasteiger partial charge in [-0.3, -0.25) is 4.79 Å². The molecule has 0 unspecified atom stereocenters. The van der Waals surface area contributed by atoms with E-state index in [9.17, 15) is 4.79 Å². The number of carbonyl (C=O) groups is 1. The number of nitrogens with one attached hydrogen (secondary N) is 1. The molecule has 0 radical (unpaired) electrons. The molecule has 1 aromatic rings. The second-order valence-electron chi connectivity index (χ2n) is 5.46. The molecule has 0 aliphatic carbocycles. The van der Waals surface area contributed by atoms with Crippen molar-refractivity contribution in [3.63, 3.8) is 0 Å². The first-order valence-electron chi connectivity index (χ1n) is 6.91. The molecule has 1 amide bonds. The summed E-state index contributed by atoms with van der Waals surface area (Å²) in [6.07, 6.45) is 3.97. The zero-order valence-corrected chi connectivity index (χ0v) is 11.8. The molecule has 0 heterocycles. The first-order chi connectivity index (χ1) is 8.58. The smallest absolute Gasteiger partial charge is 0.224 e. The highest BCUT2D eigenvalue weighted by atomic mass is 16.1. The van der Waals surface area contributed by atoms with Gasteiger partial charge in [-0.1, -0.05) is 57.0 Å². The molecule has 18 heavy (non-hydrogen) atoms. The van der Waals surface area contributed by atoms with Gasteiger partial charge in [-0.25, -0.2) is 0 Å². The fourth-order valence-electron chi connectivity index (χ4n) is 2.01. The Morgan fingerprint density at radius 1 is 1.11 bits per heavy atom. The summed E-state index contributed by atoms with van der Waals surface area (Å²) < 4.78 is 0. The van der Waals surface area contributed by atoms with E-state index >= 15 is 0 Å². The standard InChI is InChI=1S/C16H25NO/c1-13(2)8-7-9-14(3)17-16(18)12-15-10-5-4-6-11-15/h4-6,10-11,13-14H,7-9,12H2,1-3H3,(H,17,18)/t14-/m1/s1. The van der Waals surface area contributed by atoms with Crippen LogP contribution in [0.3, 0.4) is 0 Å². The van der Waals surface area contributed by atoms with Crippen LogP contribution in [0.4, 0.5) is 0 Å². The van der Waals surface area contributed by atoms with Crippen LogP contribution in [0.1, 0.15) is 45.6 Å². The zero-order chi connectivity index (χ0) is 13.4. The van der Waals surface area contributed by atoms with E-state index in [2.05, 4.69) is 26.1 Å². The predicted molar refractivity (Wildman–Crippen MR) is 76.4 cm³/mol. The monoisotopic (exact) mass is 247 g/mol. The molecule has 100 valence electrons. The number of amides is 1. The summed E-state index contributed by atoms with van der Waals surface area (Å²) in [6, 6.07) is 10.2. The van der Waals surface area contributed by atoms with Crippen molar-refractivity contribution in [1.82, 2.24) is 5.32 Å². The summed E-state index contributed by atoms with van der Waals surface area (Å²) in [7, 11) is 0. The number of hydrogen-bond donors (Lipinski definition) is 1. The molecule has 0 aliphatic heterocycles. The third-order valence-electron chi connectivity index (χ3n) is 3.03. The minimum atomic E-state index is 0.123. The van der Waals surface area contributed by atoms with Crippen molar-refractivity contribution < 1.29 is 4.79 Å². The van der Waals surface area contributed by atoms with Gasteiger partial charge in [-0.05, 0) is 24.8 Å². The van der Waals surface area contributed by atoms with Crippen LogP contribution in [0.5, 0.6) is 0 Å². The van der Waals surface area contributed by atoms with Gasteiger partial charge in [0.25, 0.3) is 0 Å². The van der Waals surface area contributed by atoms with Crippen LogP contribution >= 0.6 is 0 Å². The molecule has 2 heteroatoms. The van der Waals surface area contributed by atoms with E-state index in [0.29, 0.717) is 6.42 Å². The average Bonchev–Trinajstić information content (AvgIpc) is 2.29. The molecule has 0 saturated carbocycles. The first-order valence-corrected chi connectivity index (χ1v) is 6.91. The van der Waals surface area contributed by atoms with Gasteiger partial charge in [0.2, 0.25) is 5.91 Å². The molecular weight excluding hydrogens is 222 g/mol. The average molecular weight is 247 g/mol. The van der Waals surface area contributed by atoms with E-state index in [1.54, 1.807) is 0 Å². The van der Waals surface area contributed by atoms with Crippen molar-refractivity contribution in [2.75, 3.05) is 0 Å². The summed E-state index contributed by atoms with van der Waals surface area (Å²) >= 11 is 0. The van der Waals surface area contributed by atoms with Crippen molar-refractivity contribution in [3.05, 3.63) is 35.9 Å². The zero-order valence-electron chi connectivity index (χ0n) is 11.8. The first kappa shape index (κ1) is 14.7. The minimum absolute atomic E-state index is 0.123. The lowest BCUT2D eigenvalue weighted by molar-refractivity contribution is -0.121. The van der Waals surface area contributed by atoms with Gasteiger partial charge in [0, 0.05) is 6.04 Å². The van der Waals surface area contributed by atoms with Crippen LogP contribution in [-0.2, 0) is 11.2 Å². The van der Waals surface area contributed by atoms with E-state index in [1.807, 2.05) is 30.3 Å². The highest BCUT2D eigenvalue weighted by molar-refractivity contribution is 5.78. The Hall–Kier alpha value is -1.31. The molecule has 1 N–H and O–H groups in total. The lowest BCUT2D eigenvalue weighted by Gasteiger charge is -2.14. The van der Waals surface area contributed by atoms with Crippen LogP contribution < -0.4 is 5.32 Å². The van der Waals surface area contributed by atoms with Crippen LogP contribution in [0, 0.1) is 5.92 Å². The molecule has 1 rings (SSSR count). The molecule has 0 spiro atoms. The van der Waals surface area contributed by atoms with Gasteiger partial charge < -0.3 is 5.32 Å². The van der Waals surface area contributed by atoms with Crippen LogP contribution in [-0.4, -0.2) is 11.9 Å². The van der Waals surface area contributed by atoms with Gasteiger partial charge in [-0.15, -0.1) is 0 Å². The summed E-state index contributed by atoms with van der Waals surface area (Å²) in [6.45, 7) is 6.56. The number of benzene rings is 1. The van der Waals surface area contributed by atoms with Crippen molar-refractivity contribution in [2.24, 2.45) is 5.92 Å². The maximum Gasteiger partial charge on any atom is 0.224 e. The van der Waals surface area contributed by atoms with E-state index in [0.717, 1.165) is 17.9 Å². The third kappa shape index (κ3) is 6.43. The molecule has 0 saturated heterocycles. The molecule has 0 aromatic heterocycles. The summed E-state index contributed by atoms with van der Waals surface area (Å²) in [4.78, 5) is 11.8. The van der Waals surface area contributed by atoms with E-state index in [1.165, 1.54) is 12.8 Å². The summed E-state index contributed by atoms with van der Waals surface area (Å²) in [5.74, 6) is 0.871. The number of hydrogen-bond acceptors (Lipinski definition) is 1. The summed E-state index contributed by atoms with van der Waals surface area (Å²) in [5.41, 5.74) is 1.07. The molecule has 0 fully saturated rings. The fourth-order valence-corrected chi connectivity index (χ4v) is 2.01. The van der Waals surface area contributed by atoms with Crippen molar-refractivity contribution >= 4 is 5.91 Å². The Morgan fingerprint density at radius 2 is 1.78 bits per heavy atom. The number of rotatable bonds is 7. The van der Waals surface area contributed by atoms with E-state index in [-0.39, 0.29) is 11.9 Å². The predicted octanol–water partition coefficient (Wildman–Crippen LogP) is 3.56. The second kappa shape index (κ2) is 7.91. The molecular formula is C16H25NO.